The molecule has 3 rings (SSSR count). The third-order valence-corrected chi connectivity index (χ3v) is 5.54. The van der Waals surface area contributed by atoms with Crippen molar-refractivity contribution in [1.29, 1.82) is 0 Å². The molecule has 1 fully saturated rings. The van der Waals surface area contributed by atoms with Gasteiger partial charge in [0.2, 0.25) is 5.90 Å². The van der Waals surface area contributed by atoms with Gasteiger partial charge < -0.3 is 14.4 Å². The quantitative estimate of drug-likeness (QED) is 0.788. The Morgan fingerprint density at radius 2 is 2.04 bits per heavy atom. The van der Waals surface area contributed by atoms with E-state index in [1.807, 2.05) is 20.8 Å². The van der Waals surface area contributed by atoms with Crippen LogP contribution in [0.5, 0.6) is 0 Å². The zero-order valence-corrected chi connectivity index (χ0v) is 16.1. The monoisotopic (exact) mass is 380 g/mol. The van der Waals surface area contributed by atoms with Gasteiger partial charge in [-0.1, -0.05) is 12.1 Å². The molecule has 0 bridgehead atoms. The van der Waals surface area contributed by atoms with Crippen LogP contribution in [0.3, 0.4) is 0 Å². The fraction of sp³-hybridized carbons (Fsp3) is 0.556. The predicted molar refractivity (Wildman–Crippen MR) is 96.6 cm³/mol. The minimum Gasteiger partial charge on any atom is -0.476 e. The van der Waals surface area contributed by atoms with E-state index in [1.54, 1.807) is 23.1 Å². The lowest BCUT2D eigenvalue weighted by molar-refractivity contribution is 0.0136. The third kappa shape index (κ3) is 4.17. The number of likely N-dealkylation sites (tertiary alicyclic amines) is 1. The molecule has 0 N–H and O–H groups in total. The minimum absolute atomic E-state index is 0.106. The molecule has 1 aromatic carbocycles. The number of carbonyl (C=O) groups is 1. The lowest BCUT2D eigenvalue weighted by atomic mass is 9.99. The van der Waals surface area contributed by atoms with Crippen molar-refractivity contribution in [3.05, 3.63) is 29.8 Å². The Bertz CT molecular complexity index is 826. The Morgan fingerprint density at radius 3 is 2.77 bits per heavy atom. The third-order valence-electron chi connectivity index (χ3n) is 4.22. The summed E-state index contributed by atoms with van der Waals surface area (Å²) in [6.45, 7) is 7.00. The van der Waals surface area contributed by atoms with Crippen molar-refractivity contribution in [2.24, 2.45) is 10.3 Å². The summed E-state index contributed by atoms with van der Waals surface area (Å²) >= 11 is 0. The highest BCUT2D eigenvalue weighted by molar-refractivity contribution is 7.90. The van der Waals surface area contributed by atoms with Crippen LogP contribution in [0.4, 0.5) is 4.79 Å². The van der Waals surface area contributed by atoms with Crippen LogP contribution in [-0.4, -0.2) is 50.6 Å². The highest BCUT2D eigenvalue weighted by atomic mass is 32.2. The lowest BCUT2D eigenvalue weighted by Crippen LogP contribution is -2.44. The van der Waals surface area contributed by atoms with Gasteiger partial charge in [-0.3, -0.25) is 0 Å². The molecular weight excluding hydrogens is 356 g/mol. The summed E-state index contributed by atoms with van der Waals surface area (Å²) < 4.78 is 39.0. The summed E-state index contributed by atoms with van der Waals surface area (Å²) in [5.41, 5.74) is -0.0377. The van der Waals surface area contributed by atoms with Crippen LogP contribution in [0.25, 0.3) is 0 Å². The number of rotatable bonds is 2. The summed E-state index contributed by atoms with van der Waals surface area (Å²) in [5, 5.41) is 0. The maximum atomic E-state index is 12.2. The standard InChI is InChI=1S/C18H24N2O5S/c1-18(2,3)25-17(21)20-10-6-7-13(11-20)12-24-16-14-8-4-5-9-15(14)26(22,23)19-16/h4-5,8-9,13H,6-7,10-12H2,1-3H3/t13-/m0/s1. The molecule has 0 radical (unpaired) electrons. The van der Waals surface area contributed by atoms with Gasteiger partial charge in [0.25, 0.3) is 10.0 Å². The average molecular weight is 380 g/mol. The topological polar surface area (TPSA) is 85.3 Å². The number of nitrogens with zero attached hydrogens (tertiary/aromatic N) is 2. The Morgan fingerprint density at radius 1 is 1.31 bits per heavy atom. The van der Waals surface area contributed by atoms with Crippen LogP contribution in [0, 0.1) is 5.92 Å². The van der Waals surface area contributed by atoms with Gasteiger partial charge in [-0.15, -0.1) is 4.40 Å². The van der Waals surface area contributed by atoms with Gasteiger partial charge in [0.1, 0.15) is 10.5 Å². The van der Waals surface area contributed by atoms with Crippen LogP contribution >= 0.6 is 0 Å². The number of carbonyl (C=O) groups excluding carboxylic acids is 1. The van der Waals surface area contributed by atoms with E-state index in [0.29, 0.717) is 25.3 Å². The van der Waals surface area contributed by atoms with Gasteiger partial charge in [-0.2, -0.15) is 8.42 Å². The van der Waals surface area contributed by atoms with Crippen molar-refractivity contribution in [1.82, 2.24) is 4.90 Å². The fourth-order valence-electron chi connectivity index (χ4n) is 3.07. The molecule has 1 amide bonds. The van der Waals surface area contributed by atoms with Crippen molar-refractivity contribution >= 4 is 22.0 Å². The van der Waals surface area contributed by atoms with Crippen molar-refractivity contribution in [3.8, 4) is 0 Å². The molecule has 1 aromatic rings. The number of hydrogen-bond acceptors (Lipinski definition) is 5. The highest BCUT2D eigenvalue weighted by Crippen LogP contribution is 2.27. The maximum Gasteiger partial charge on any atom is 0.410 e. The molecule has 0 aliphatic carbocycles. The first-order valence-electron chi connectivity index (χ1n) is 8.71. The first-order chi connectivity index (χ1) is 12.2. The first kappa shape index (κ1) is 18.7. The molecule has 1 atom stereocenters. The minimum atomic E-state index is -3.67. The largest absolute Gasteiger partial charge is 0.476 e. The molecule has 0 unspecified atom stereocenters. The van der Waals surface area contributed by atoms with E-state index in [2.05, 4.69) is 4.40 Å². The number of ether oxygens (including phenoxy) is 2. The molecule has 2 aliphatic rings. The second-order valence-corrected chi connectivity index (χ2v) is 9.19. The van der Waals surface area contributed by atoms with Crippen LogP contribution in [-0.2, 0) is 19.5 Å². The molecule has 26 heavy (non-hydrogen) atoms. The molecule has 0 aromatic heterocycles. The molecule has 0 spiro atoms. The van der Waals surface area contributed by atoms with Crippen LogP contribution in [0.15, 0.2) is 33.6 Å². The van der Waals surface area contributed by atoms with E-state index in [9.17, 15) is 13.2 Å². The molecule has 2 heterocycles. The number of sulfonamides is 1. The fourth-order valence-corrected chi connectivity index (χ4v) is 4.22. The van der Waals surface area contributed by atoms with E-state index >= 15 is 0 Å². The summed E-state index contributed by atoms with van der Waals surface area (Å²) in [7, 11) is -3.67. The Labute approximate surface area is 154 Å². The lowest BCUT2D eigenvalue weighted by Gasteiger charge is -2.34. The Hall–Kier alpha value is -2.09. The Kier molecular flexibility index (Phi) is 4.96. The van der Waals surface area contributed by atoms with E-state index in [-0.39, 0.29) is 22.8 Å². The second kappa shape index (κ2) is 6.90. The van der Waals surface area contributed by atoms with Crippen LogP contribution < -0.4 is 0 Å². The molecule has 1 saturated heterocycles. The predicted octanol–water partition coefficient (Wildman–Crippen LogP) is 2.80. The average Bonchev–Trinajstić information content (AvgIpc) is 2.83. The summed E-state index contributed by atoms with van der Waals surface area (Å²) in [5.74, 6) is 0.240. The molecule has 8 heteroatoms. The Balaban J connectivity index is 1.61. The molecular formula is C18H24N2O5S. The van der Waals surface area contributed by atoms with Gasteiger partial charge in [0.05, 0.1) is 12.2 Å². The van der Waals surface area contributed by atoms with E-state index in [1.165, 1.54) is 6.07 Å². The van der Waals surface area contributed by atoms with Crippen molar-refractivity contribution in [2.75, 3.05) is 19.7 Å². The van der Waals surface area contributed by atoms with Gasteiger partial charge in [0, 0.05) is 19.0 Å². The van der Waals surface area contributed by atoms with Gasteiger partial charge in [-0.25, -0.2) is 4.79 Å². The van der Waals surface area contributed by atoms with E-state index < -0.39 is 15.6 Å². The zero-order chi connectivity index (χ0) is 18.9. The van der Waals surface area contributed by atoms with Crippen molar-refractivity contribution in [3.63, 3.8) is 0 Å². The van der Waals surface area contributed by atoms with E-state index in [4.69, 9.17) is 9.47 Å². The molecule has 2 aliphatic heterocycles. The number of amides is 1. The van der Waals surface area contributed by atoms with Crippen LogP contribution in [0.2, 0.25) is 0 Å². The van der Waals surface area contributed by atoms with Crippen LogP contribution in [0.1, 0.15) is 39.2 Å². The van der Waals surface area contributed by atoms with E-state index in [0.717, 1.165) is 12.8 Å². The summed E-state index contributed by atoms with van der Waals surface area (Å²) in [6.07, 6.45) is 1.43. The van der Waals surface area contributed by atoms with Crippen molar-refractivity contribution < 1.29 is 22.7 Å². The molecule has 0 saturated carbocycles. The molecule has 142 valence electrons. The van der Waals surface area contributed by atoms with Gasteiger partial charge in [-0.05, 0) is 45.7 Å². The zero-order valence-electron chi connectivity index (χ0n) is 15.3. The summed E-state index contributed by atoms with van der Waals surface area (Å²) in [6, 6.07) is 6.63. The smallest absolute Gasteiger partial charge is 0.410 e. The molecule has 7 nitrogen and oxygen atoms in total. The number of hydrogen-bond donors (Lipinski definition) is 0. The van der Waals surface area contributed by atoms with Crippen molar-refractivity contribution in [2.45, 2.75) is 44.1 Å². The summed E-state index contributed by atoms with van der Waals surface area (Å²) in [4.78, 5) is 14.1. The maximum absolute atomic E-state index is 12.2. The second-order valence-electron chi connectivity index (χ2n) is 7.61. The number of piperidine rings is 1. The number of fused-ring (bicyclic) bond motifs is 1. The highest BCUT2D eigenvalue weighted by Gasteiger charge is 2.32. The van der Waals surface area contributed by atoms with Gasteiger partial charge >= 0.3 is 6.09 Å². The normalized spacial score (nSPS) is 21.7. The number of benzene rings is 1. The first-order valence-corrected chi connectivity index (χ1v) is 10.1. The van der Waals surface area contributed by atoms with Gasteiger partial charge in [0.15, 0.2) is 0 Å². The SMILES string of the molecule is CC(C)(C)OC(=O)N1CCC[C@H](COC2=NS(=O)(=O)c3ccccc32)C1.